The molecular formula is C77H64N2. The fraction of sp³-hybridized carbons (Fsp3) is 0.143. The molecule has 0 radical (unpaired) electrons. The third-order valence-electron chi connectivity index (χ3n) is 17.5. The van der Waals surface area contributed by atoms with Gasteiger partial charge in [0.05, 0.1) is 0 Å². The van der Waals surface area contributed by atoms with Crippen LogP contribution in [0, 0.1) is 0 Å². The number of hydrogen-bond acceptors (Lipinski definition) is 2. The van der Waals surface area contributed by atoms with Crippen molar-refractivity contribution in [3.05, 3.63) is 289 Å². The quantitative estimate of drug-likeness (QED) is 0.135. The summed E-state index contributed by atoms with van der Waals surface area (Å²) in [5, 5.41) is 0. The third kappa shape index (κ3) is 9.26. The van der Waals surface area contributed by atoms with E-state index in [9.17, 15) is 0 Å². The molecule has 0 N–H and O–H groups in total. The third-order valence-corrected chi connectivity index (χ3v) is 17.5. The van der Waals surface area contributed by atoms with Gasteiger partial charge >= 0.3 is 0 Å². The molecule has 0 unspecified atom stereocenters. The maximum Gasteiger partial charge on any atom is 0.0465 e. The maximum atomic E-state index is 2.57. The van der Waals surface area contributed by atoms with Crippen molar-refractivity contribution in [2.45, 2.75) is 69.6 Å². The molecule has 3 aliphatic rings. The molecule has 382 valence electrons. The molecule has 0 bridgehead atoms. The van der Waals surface area contributed by atoms with Gasteiger partial charge in [-0.1, -0.05) is 214 Å². The van der Waals surface area contributed by atoms with Crippen LogP contribution in [0.5, 0.6) is 0 Å². The molecule has 11 aromatic carbocycles. The van der Waals surface area contributed by atoms with E-state index in [1.807, 2.05) is 0 Å². The fourth-order valence-electron chi connectivity index (χ4n) is 13.5. The maximum absolute atomic E-state index is 2.57. The van der Waals surface area contributed by atoms with Gasteiger partial charge in [-0.25, -0.2) is 0 Å². The highest BCUT2D eigenvalue weighted by molar-refractivity contribution is 5.88. The van der Waals surface area contributed by atoms with E-state index >= 15 is 0 Å². The number of rotatable bonds is 10. The zero-order valence-corrected chi connectivity index (χ0v) is 44.9. The Balaban J connectivity index is 0.818. The van der Waals surface area contributed by atoms with E-state index in [-0.39, 0.29) is 5.41 Å². The molecule has 1 saturated carbocycles. The molecule has 2 nitrogen and oxygen atoms in total. The summed E-state index contributed by atoms with van der Waals surface area (Å²) >= 11 is 0. The molecule has 0 heterocycles. The minimum atomic E-state index is 0.0653. The molecule has 2 heteroatoms. The lowest BCUT2D eigenvalue weighted by Gasteiger charge is -2.36. The SMILES string of the molecule is c1ccc(-c2ccc(N(c3ccc(-c4ccc(N(c5ccc6c(c5)CCCCCc5ccccc5-6)c5ccc6c(c5)C5(CCCCC5)c5ccccc5-6)cc4)cc3)c3ccc(-c4cccc(-c5ccccc5)c4)cc3)cc2)cc1. The average Bonchev–Trinajstić information content (AvgIpc) is 3.97. The molecule has 3 aliphatic carbocycles. The lowest BCUT2D eigenvalue weighted by atomic mass is 9.68. The van der Waals surface area contributed by atoms with Crippen molar-refractivity contribution in [3.63, 3.8) is 0 Å². The summed E-state index contributed by atoms with van der Waals surface area (Å²) in [7, 11) is 0. The molecule has 0 aromatic heterocycles. The van der Waals surface area contributed by atoms with Crippen LogP contribution in [0.4, 0.5) is 34.1 Å². The van der Waals surface area contributed by atoms with Gasteiger partial charge in [-0.05, 0) is 206 Å². The average molecular weight is 1020 g/mol. The summed E-state index contributed by atoms with van der Waals surface area (Å²) in [6.45, 7) is 0. The molecule has 14 rings (SSSR count). The van der Waals surface area contributed by atoms with Gasteiger partial charge in [0.15, 0.2) is 0 Å². The normalized spacial score (nSPS) is 14.2. The second-order valence-corrected chi connectivity index (χ2v) is 22.1. The van der Waals surface area contributed by atoms with Gasteiger partial charge in [-0.15, -0.1) is 0 Å². The molecule has 0 amide bonds. The van der Waals surface area contributed by atoms with Gasteiger partial charge < -0.3 is 9.80 Å². The second kappa shape index (κ2) is 21.1. The standard InChI is InChI=1S/C77H64N2/c1-5-18-55(19-6-1)57-30-38-65(39-31-57)78(67-44-36-60(37-45-67)63-26-17-25-62(52-63)56-20-7-2-8-21-56)66-40-32-58(33-41-66)59-34-42-68(43-35-59)79(69-46-48-72-64(53-69)24-10-3-9-22-61-23-11-12-27-71(61)72)70-47-49-74-73-28-13-14-29-75(73)77(76(74)54-70)50-15-4-16-51-77/h1-2,5-8,11-14,17-21,23,25-49,52-54H,3-4,9-10,15-16,22,24,50-51H2. The predicted molar refractivity (Wildman–Crippen MR) is 334 cm³/mol. The molecule has 0 saturated heterocycles. The number of fused-ring (bicyclic) bond motifs is 8. The lowest BCUT2D eigenvalue weighted by Crippen LogP contribution is -2.28. The highest BCUT2D eigenvalue weighted by Crippen LogP contribution is 2.57. The van der Waals surface area contributed by atoms with Crippen LogP contribution in [-0.4, -0.2) is 0 Å². The summed E-state index contributed by atoms with van der Waals surface area (Å²) in [6.07, 6.45) is 12.2. The highest BCUT2D eigenvalue weighted by Gasteiger charge is 2.44. The van der Waals surface area contributed by atoms with Crippen LogP contribution >= 0.6 is 0 Å². The zero-order valence-electron chi connectivity index (χ0n) is 44.9. The first kappa shape index (κ1) is 48.4. The molecule has 79 heavy (non-hydrogen) atoms. The smallest absolute Gasteiger partial charge is 0.0465 e. The summed E-state index contributed by atoms with van der Waals surface area (Å²) in [5.41, 5.74) is 28.1. The van der Waals surface area contributed by atoms with E-state index in [0.717, 1.165) is 35.6 Å². The Labute approximate surface area is 467 Å². The van der Waals surface area contributed by atoms with Crippen LogP contribution in [0.1, 0.15) is 73.6 Å². The van der Waals surface area contributed by atoms with Crippen LogP contribution in [0.3, 0.4) is 0 Å². The fourth-order valence-corrected chi connectivity index (χ4v) is 13.5. The first-order valence-corrected chi connectivity index (χ1v) is 28.8. The predicted octanol–water partition coefficient (Wildman–Crippen LogP) is 21.5. The topological polar surface area (TPSA) is 6.48 Å². The van der Waals surface area contributed by atoms with Gasteiger partial charge in [-0.3, -0.25) is 0 Å². The van der Waals surface area contributed by atoms with E-state index in [2.05, 4.69) is 277 Å². The molecule has 1 spiro atoms. The van der Waals surface area contributed by atoms with Gasteiger partial charge in [0.2, 0.25) is 0 Å². The Morgan fingerprint density at radius 1 is 0.228 bits per heavy atom. The van der Waals surface area contributed by atoms with Crippen molar-refractivity contribution < 1.29 is 0 Å². The number of aryl methyl sites for hydroxylation is 2. The first-order valence-electron chi connectivity index (χ1n) is 28.8. The van der Waals surface area contributed by atoms with Crippen molar-refractivity contribution in [2.24, 2.45) is 0 Å². The Morgan fingerprint density at radius 2 is 0.608 bits per heavy atom. The lowest BCUT2D eigenvalue weighted by molar-refractivity contribution is 0.353. The van der Waals surface area contributed by atoms with Crippen molar-refractivity contribution in [1.29, 1.82) is 0 Å². The van der Waals surface area contributed by atoms with E-state index in [1.165, 1.54) is 152 Å². The van der Waals surface area contributed by atoms with Crippen molar-refractivity contribution in [2.75, 3.05) is 9.80 Å². The molecule has 0 atom stereocenters. The van der Waals surface area contributed by atoms with Gasteiger partial charge in [0.25, 0.3) is 0 Å². The monoisotopic (exact) mass is 1020 g/mol. The molecule has 0 aliphatic heterocycles. The Morgan fingerprint density at radius 3 is 1.19 bits per heavy atom. The molecular weight excluding hydrogens is 953 g/mol. The van der Waals surface area contributed by atoms with E-state index < -0.39 is 0 Å². The van der Waals surface area contributed by atoms with Crippen molar-refractivity contribution in [3.8, 4) is 66.8 Å². The van der Waals surface area contributed by atoms with Crippen molar-refractivity contribution >= 4 is 34.1 Å². The van der Waals surface area contributed by atoms with E-state index in [0.29, 0.717) is 0 Å². The minimum absolute atomic E-state index is 0.0653. The number of benzene rings is 11. The van der Waals surface area contributed by atoms with Gasteiger partial charge in [0, 0.05) is 39.5 Å². The Kier molecular flexibility index (Phi) is 12.9. The van der Waals surface area contributed by atoms with Gasteiger partial charge in [-0.2, -0.15) is 0 Å². The van der Waals surface area contributed by atoms with Gasteiger partial charge in [0.1, 0.15) is 0 Å². The minimum Gasteiger partial charge on any atom is -0.311 e. The number of nitrogens with zero attached hydrogens (tertiary/aromatic N) is 2. The second-order valence-electron chi connectivity index (χ2n) is 22.1. The molecule has 11 aromatic rings. The van der Waals surface area contributed by atoms with Crippen LogP contribution in [0.2, 0.25) is 0 Å². The van der Waals surface area contributed by atoms with Crippen LogP contribution in [0.25, 0.3) is 66.8 Å². The number of anilines is 6. The Hall–Kier alpha value is -8.98. The van der Waals surface area contributed by atoms with Crippen LogP contribution in [0.15, 0.2) is 267 Å². The van der Waals surface area contributed by atoms with Crippen LogP contribution in [-0.2, 0) is 18.3 Å². The largest absolute Gasteiger partial charge is 0.311 e. The summed E-state index contributed by atoms with van der Waals surface area (Å²) in [4.78, 5) is 4.91. The highest BCUT2D eigenvalue weighted by atomic mass is 15.1. The summed E-state index contributed by atoms with van der Waals surface area (Å²) < 4.78 is 0. The summed E-state index contributed by atoms with van der Waals surface area (Å²) in [5.74, 6) is 0. The van der Waals surface area contributed by atoms with E-state index in [1.54, 1.807) is 0 Å². The Bertz CT molecular complexity index is 3930. The summed E-state index contributed by atoms with van der Waals surface area (Å²) in [6, 6.07) is 99.7. The van der Waals surface area contributed by atoms with E-state index in [4.69, 9.17) is 0 Å². The van der Waals surface area contributed by atoms with Crippen LogP contribution < -0.4 is 9.80 Å². The first-order chi connectivity index (χ1) is 39.1. The van der Waals surface area contributed by atoms with Crippen molar-refractivity contribution in [1.82, 2.24) is 0 Å². The number of hydrogen-bond donors (Lipinski definition) is 0. The zero-order chi connectivity index (χ0) is 52.5. The molecule has 1 fully saturated rings.